The lowest BCUT2D eigenvalue weighted by atomic mass is 10.1. The van der Waals surface area contributed by atoms with Gasteiger partial charge in [0.1, 0.15) is 4.70 Å². The molecule has 2 heterocycles. The molecule has 3 aromatic rings. The molecule has 0 saturated carbocycles. The van der Waals surface area contributed by atoms with Crippen molar-refractivity contribution in [2.24, 2.45) is 7.05 Å². The molecule has 0 aliphatic rings. The number of rotatable bonds is 1. The minimum Gasteiger partial charge on any atom is -0.301 e. The highest BCUT2D eigenvalue weighted by molar-refractivity contribution is 7.17. The van der Waals surface area contributed by atoms with E-state index in [2.05, 4.69) is 36.2 Å². The number of thiophene rings is 1. The molecule has 3 nitrogen and oxygen atoms in total. The molecule has 0 saturated heterocycles. The Bertz CT molecular complexity index is 769. The van der Waals surface area contributed by atoms with Crippen LogP contribution in [0.2, 0.25) is 0 Å². The van der Waals surface area contributed by atoms with Crippen LogP contribution < -0.4 is 5.56 Å². The van der Waals surface area contributed by atoms with Crippen LogP contribution in [-0.2, 0) is 7.05 Å². The average molecular weight is 256 g/mol. The van der Waals surface area contributed by atoms with Crippen LogP contribution in [0, 0.1) is 6.92 Å². The number of nitrogens with zero attached hydrogens (tertiary/aromatic N) is 2. The average Bonchev–Trinajstić information content (AvgIpc) is 2.79. The number of fused-ring (bicyclic) bond motifs is 1. The van der Waals surface area contributed by atoms with Gasteiger partial charge in [-0.1, -0.05) is 29.8 Å². The number of aryl methyl sites for hydroxylation is 2. The highest BCUT2D eigenvalue weighted by Gasteiger charge is 2.10. The first kappa shape index (κ1) is 11.2. The summed E-state index contributed by atoms with van der Waals surface area (Å²) >= 11 is 1.46. The van der Waals surface area contributed by atoms with Crippen LogP contribution in [0.25, 0.3) is 21.3 Å². The Labute approximate surface area is 108 Å². The molecule has 2 aromatic heterocycles. The summed E-state index contributed by atoms with van der Waals surface area (Å²) in [6.07, 6.45) is 1.58. The standard InChI is InChI=1S/C14H12N2OS/c1-9-3-5-10(6-4-9)11-7-18-13-12(11)15-8-16(2)14(13)17/h3-8H,1-2H3. The van der Waals surface area contributed by atoms with E-state index in [9.17, 15) is 4.79 Å². The van der Waals surface area contributed by atoms with Gasteiger partial charge in [-0.15, -0.1) is 11.3 Å². The van der Waals surface area contributed by atoms with Crippen LogP contribution in [0.4, 0.5) is 0 Å². The van der Waals surface area contributed by atoms with Crippen molar-refractivity contribution in [1.82, 2.24) is 9.55 Å². The van der Waals surface area contributed by atoms with E-state index in [0.29, 0.717) is 0 Å². The van der Waals surface area contributed by atoms with Gasteiger partial charge < -0.3 is 4.57 Å². The van der Waals surface area contributed by atoms with Crippen molar-refractivity contribution in [3.05, 3.63) is 51.9 Å². The van der Waals surface area contributed by atoms with Crippen LogP contribution >= 0.6 is 11.3 Å². The third kappa shape index (κ3) is 1.66. The lowest BCUT2D eigenvalue weighted by Crippen LogP contribution is -2.15. The topological polar surface area (TPSA) is 34.9 Å². The van der Waals surface area contributed by atoms with Crippen LogP contribution in [0.5, 0.6) is 0 Å². The van der Waals surface area contributed by atoms with Gasteiger partial charge in [0.2, 0.25) is 0 Å². The number of hydrogen-bond donors (Lipinski definition) is 0. The van der Waals surface area contributed by atoms with E-state index in [0.717, 1.165) is 21.3 Å². The fourth-order valence-electron chi connectivity index (χ4n) is 1.93. The van der Waals surface area contributed by atoms with E-state index < -0.39 is 0 Å². The maximum absolute atomic E-state index is 12.0. The van der Waals surface area contributed by atoms with E-state index in [1.54, 1.807) is 13.4 Å². The molecule has 0 aliphatic heterocycles. The van der Waals surface area contributed by atoms with Crippen molar-refractivity contribution in [3.63, 3.8) is 0 Å². The van der Waals surface area contributed by atoms with Crippen LogP contribution in [0.15, 0.2) is 40.8 Å². The normalized spacial score (nSPS) is 11.0. The molecule has 0 unspecified atom stereocenters. The van der Waals surface area contributed by atoms with Gasteiger partial charge in [-0.05, 0) is 12.5 Å². The zero-order valence-electron chi connectivity index (χ0n) is 10.2. The number of aromatic nitrogens is 2. The molecule has 0 amide bonds. The van der Waals surface area contributed by atoms with Gasteiger partial charge in [-0.25, -0.2) is 4.98 Å². The minimum absolute atomic E-state index is 0.0170. The molecular formula is C14H12N2OS. The molecule has 0 N–H and O–H groups in total. The summed E-state index contributed by atoms with van der Waals surface area (Å²) in [4.78, 5) is 16.3. The van der Waals surface area contributed by atoms with Crippen molar-refractivity contribution in [2.45, 2.75) is 6.92 Å². The molecule has 0 bridgehead atoms. The summed E-state index contributed by atoms with van der Waals surface area (Å²) < 4.78 is 2.23. The molecule has 3 rings (SSSR count). The lowest BCUT2D eigenvalue weighted by molar-refractivity contribution is 0.845. The van der Waals surface area contributed by atoms with Gasteiger partial charge in [-0.2, -0.15) is 0 Å². The molecule has 1 aromatic carbocycles. The zero-order valence-corrected chi connectivity index (χ0v) is 11.0. The highest BCUT2D eigenvalue weighted by Crippen LogP contribution is 2.30. The predicted octanol–water partition coefficient (Wildman–Crippen LogP) is 2.97. The Morgan fingerprint density at radius 2 is 1.94 bits per heavy atom. The molecule has 90 valence electrons. The Kier molecular flexibility index (Phi) is 2.52. The quantitative estimate of drug-likeness (QED) is 0.671. The predicted molar refractivity (Wildman–Crippen MR) is 75.0 cm³/mol. The summed E-state index contributed by atoms with van der Waals surface area (Å²) in [6, 6.07) is 8.27. The smallest absolute Gasteiger partial charge is 0.271 e. The molecule has 0 atom stereocenters. The monoisotopic (exact) mass is 256 g/mol. The summed E-state index contributed by atoms with van der Waals surface area (Å²) in [6.45, 7) is 2.06. The molecule has 0 spiro atoms. The van der Waals surface area contributed by atoms with E-state index >= 15 is 0 Å². The first-order chi connectivity index (χ1) is 8.66. The molecule has 0 aliphatic carbocycles. The van der Waals surface area contributed by atoms with Gasteiger partial charge in [0.25, 0.3) is 5.56 Å². The van der Waals surface area contributed by atoms with E-state index in [1.807, 2.05) is 5.38 Å². The van der Waals surface area contributed by atoms with Crippen molar-refractivity contribution in [3.8, 4) is 11.1 Å². The van der Waals surface area contributed by atoms with Gasteiger partial charge in [0.05, 0.1) is 11.8 Å². The maximum atomic E-state index is 12.0. The summed E-state index contributed by atoms with van der Waals surface area (Å²) in [5, 5.41) is 2.00. The minimum atomic E-state index is 0.0170. The summed E-state index contributed by atoms with van der Waals surface area (Å²) in [7, 11) is 1.72. The Balaban J connectivity index is 2.28. The Morgan fingerprint density at radius 1 is 1.22 bits per heavy atom. The van der Waals surface area contributed by atoms with Gasteiger partial charge in [-0.3, -0.25) is 4.79 Å². The largest absolute Gasteiger partial charge is 0.301 e. The van der Waals surface area contributed by atoms with Crippen molar-refractivity contribution >= 4 is 21.6 Å². The maximum Gasteiger partial charge on any atom is 0.271 e. The number of hydrogen-bond acceptors (Lipinski definition) is 3. The van der Waals surface area contributed by atoms with Gasteiger partial charge in [0.15, 0.2) is 0 Å². The first-order valence-electron chi connectivity index (χ1n) is 5.66. The van der Waals surface area contributed by atoms with Crippen molar-refractivity contribution in [1.29, 1.82) is 0 Å². The van der Waals surface area contributed by atoms with E-state index in [4.69, 9.17) is 0 Å². The summed E-state index contributed by atoms with van der Waals surface area (Å²) in [5.74, 6) is 0. The van der Waals surface area contributed by atoms with Crippen LogP contribution in [-0.4, -0.2) is 9.55 Å². The highest BCUT2D eigenvalue weighted by atomic mass is 32.1. The SMILES string of the molecule is Cc1ccc(-c2csc3c(=O)n(C)cnc23)cc1. The zero-order chi connectivity index (χ0) is 12.7. The molecule has 4 heteroatoms. The van der Waals surface area contributed by atoms with Gasteiger partial charge in [0, 0.05) is 18.0 Å². The Hall–Kier alpha value is -1.94. The molecular weight excluding hydrogens is 244 g/mol. The lowest BCUT2D eigenvalue weighted by Gasteiger charge is -2.01. The fraction of sp³-hybridized carbons (Fsp3) is 0.143. The summed E-state index contributed by atoms with van der Waals surface area (Å²) in [5.41, 5.74) is 4.18. The van der Waals surface area contributed by atoms with Crippen molar-refractivity contribution < 1.29 is 0 Å². The molecule has 0 radical (unpaired) electrons. The fourth-order valence-corrected chi connectivity index (χ4v) is 2.93. The molecule has 0 fully saturated rings. The van der Waals surface area contributed by atoms with Crippen LogP contribution in [0.3, 0.4) is 0 Å². The van der Waals surface area contributed by atoms with Gasteiger partial charge >= 0.3 is 0 Å². The second-order valence-corrected chi connectivity index (χ2v) is 5.23. The van der Waals surface area contributed by atoms with Crippen molar-refractivity contribution in [2.75, 3.05) is 0 Å². The van der Waals surface area contributed by atoms with E-state index in [1.165, 1.54) is 21.5 Å². The third-order valence-corrected chi connectivity index (χ3v) is 3.96. The van der Waals surface area contributed by atoms with Crippen LogP contribution in [0.1, 0.15) is 5.56 Å². The number of benzene rings is 1. The Morgan fingerprint density at radius 3 is 2.67 bits per heavy atom. The second kappa shape index (κ2) is 4.07. The van der Waals surface area contributed by atoms with E-state index in [-0.39, 0.29) is 5.56 Å². The first-order valence-corrected chi connectivity index (χ1v) is 6.54. The second-order valence-electron chi connectivity index (χ2n) is 4.35. The molecule has 18 heavy (non-hydrogen) atoms. The third-order valence-electron chi connectivity index (χ3n) is 3.00.